The molecule has 1 aliphatic heterocycles. The van der Waals surface area contributed by atoms with Crippen molar-refractivity contribution < 1.29 is 9.47 Å². The van der Waals surface area contributed by atoms with Crippen molar-refractivity contribution in [2.45, 2.75) is 64.0 Å². The summed E-state index contributed by atoms with van der Waals surface area (Å²) in [7, 11) is 0. The molecule has 0 aromatic rings. The van der Waals surface area contributed by atoms with Crippen LogP contribution in [-0.2, 0) is 9.47 Å². The van der Waals surface area contributed by atoms with E-state index in [0.717, 1.165) is 25.6 Å². The van der Waals surface area contributed by atoms with Crippen LogP contribution in [-0.4, -0.2) is 24.3 Å². The standard InChI is InChI=1S/C18H29BrO2/c1-12-13(10-16-20-8-9-21-16)18(4)7-5-6-17(2,3)15(18)11-14(12)19/h13-16H,1,5-11H2,2-4H3/t13-,14+,15-,18+/m0/s1. The first kappa shape index (κ1) is 16.0. The molecule has 120 valence electrons. The van der Waals surface area contributed by atoms with Crippen LogP contribution in [0, 0.1) is 22.7 Å². The van der Waals surface area contributed by atoms with Gasteiger partial charge in [-0.2, -0.15) is 0 Å². The Bertz CT molecular complexity index is 413. The summed E-state index contributed by atoms with van der Waals surface area (Å²) in [6.07, 6.45) is 6.19. The first-order chi connectivity index (χ1) is 9.84. The molecule has 0 radical (unpaired) electrons. The Kier molecular flexibility index (Phi) is 4.31. The highest BCUT2D eigenvalue weighted by atomic mass is 79.9. The summed E-state index contributed by atoms with van der Waals surface area (Å²) in [6.45, 7) is 13.4. The number of rotatable bonds is 2. The second kappa shape index (κ2) is 5.65. The lowest BCUT2D eigenvalue weighted by Gasteiger charge is -2.59. The second-order valence-electron chi connectivity index (χ2n) is 8.14. The lowest BCUT2D eigenvalue weighted by molar-refractivity contribution is -0.101. The topological polar surface area (TPSA) is 18.5 Å². The van der Waals surface area contributed by atoms with Gasteiger partial charge in [-0.05, 0) is 41.9 Å². The van der Waals surface area contributed by atoms with Crippen LogP contribution >= 0.6 is 15.9 Å². The summed E-state index contributed by atoms with van der Waals surface area (Å²) in [5.74, 6) is 1.25. The molecule has 21 heavy (non-hydrogen) atoms. The molecule has 0 aromatic carbocycles. The zero-order chi connectivity index (χ0) is 15.3. The monoisotopic (exact) mass is 356 g/mol. The van der Waals surface area contributed by atoms with Gasteiger partial charge in [-0.3, -0.25) is 0 Å². The van der Waals surface area contributed by atoms with E-state index >= 15 is 0 Å². The predicted molar refractivity (Wildman–Crippen MR) is 89.5 cm³/mol. The predicted octanol–water partition coefficient (Wildman–Crippen LogP) is 4.92. The minimum Gasteiger partial charge on any atom is -0.350 e. The van der Waals surface area contributed by atoms with Gasteiger partial charge in [0.05, 0.1) is 13.2 Å². The number of alkyl halides is 1. The SMILES string of the molecule is C=C1[C@H](Br)C[C@H]2C(C)(C)CCC[C@]2(C)[C@H]1CC1OCCO1. The summed E-state index contributed by atoms with van der Waals surface area (Å²) < 4.78 is 11.5. The molecule has 3 rings (SSSR count). The van der Waals surface area contributed by atoms with Gasteiger partial charge < -0.3 is 9.47 Å². The van der Waals surface area contributed by atoms with Crippen molar-refractivity contribution in [2.75, 3.05) is 13.2 Å². The maximum absolute atomic E-state index is 5.74. The molecule has 3 aliphatic rings. The molecule has 0 unspecified atom stereocenters. The van der Waals surface area contributed by atoms with E-state index in [9.17, 15) is 0 Å². The highest BCUT2D eigenvalue weighted by Crippen LogP contribution is 2.62. The third-order valence-corrected chi connectivity index (χ3v) is 7.45. The zero-order valence-electron chi connectivity index (χ0n) is 13.7. The highest BCUT2D eigenvalue weighted by Gasteiger charge is 2.55. The molecule has 0 N–H and O–H groups in total. The van der Waals surface area contributed by atoms with Crippen LogP contribution in [0.5, 0.6) is 0 Å². The summed E-state index contributed by atoms with van der Waals surface area (Å²) in [5.41, 5.74) is 2.14. The lowest BCUT2D eigenvalue weighted by atomic mass is 9.47. The third-order valence-electron chi connectivity index (χ3n) is 6.48. The quantitative estimate of drug-likeness (QED) is 0.516. The van der Waals surface area contributed by atoms with E-state index in [0.29, 0.717) is 21.6 Å². The van der Waals surface area contributed by atoms with E-state index in [2.05, 4.69) is 43.3 Å². The molecule has 0 aromatic heterocycles. The Labute approximate surface area is 137 Å². The van der Waals surface area contributed by atoms with Gasteiger partial charge in [-0.25, -0.2) is 0 Å². The Balaban J connectivity index is 1.88. The number of ether oxygens (including phenoxy) is 2. The molecule has 3 fully saturated rings. The normalized spacial score (nSPS) is 43.8. The van der Waals surface area contributed by atoms with Gasteiger partial charge in [0, 0.05) is 11.2 Å². The molecule has 0 amide bonds. The van der Waals surface area contributed by atoms with Crippen LogP contribution in [0.2, 0.25) is 0 Å². The Morgan fingerprint density at radius 1 is 1.19 bits per heavy atom. The molecule has 4 atom stereocenters. The van der Waals surface area contributed by atoms with Crippen molar-refractivity contribution in [2.24, 2.45) is 22.7 Å². The molecule has 0 bridgehead atoms. The van der Waals surface area contributed by atoms with Gasteiger partial charge in [0.25, 0.3) is 0 Å². The third kappa shape index (κ3) is 2.74. The molecular formula is C18H29BrO2. The molecule has 0 spiro atoms. The van der Waals surface area contributed by atoms with Crippen LogP contribution in [0.15, 0.2) is 12.2 Å². The van der Waals surface area contributed by atoms with Gasteiger partial charge >= 0.3 is 0 Å². The first-order valence-electron chi connectivity index (χ1n) is 8.40. The van der Waals surface area contributed by atoms with Crippen LogP contribution < -0.4 is 0 Å². The fourth-order valence-electron chi connectivity index (χ4n) is 5.33. The van der Waals surface area contributed by atoms with E-state index in [1.807, 2.05) is 0 Å². The highest BCUT2D eigenvalue weighted by molar-refractivity contribution is 9.09. The average molecular weight is 357 g/mol. The summed E-state index contributed by atoms with van der Waals surface area (Å²) >= 11 is 3.90. The van der Waals surface area contributed by atoms with Gasteiger partial charge in [-0.1, -0.05) is 55.3 Å². The average Bonchev–Trinajstić information content (AvgIpc) is 2.90. The molecule has 3 heteroatoms. The van der Waals surface area contributed by atoms with Crippen molar-refractivity contribution in [3.63, 3.8) is 0 Å². The zero-order valence-corrected chi connectivity index (χ0v) is 15.2. The summed E-state index contributed by atoms with van der Waals surface area (Å²) in [5, 5.41) is 0. The molecular weight excluding hydrogens is 328 g/mol. The maximum atomic E-state index is 5.74. The Hall–Kier alpha value is 0.140. The molecule has 2 nitrogen and oxygen atoms in total. The van der Waals surface area contributed by atoms with Crippen molar-refractivity contribution in [1.29, 1.82) is 0 Å². The fourth-order valence-corrected chi connectivity index (χ4v) is 6.02. The van der Waals surface area contributed by atoms with Crippen molar-refractivity contribution >= 4 is 15.9 Å². The largest absolute Gasteiger partial charge is 0.350 e. The minimum atomic E-state index is -0.0212. The number of fused-ring (bicyclic) bond motifs is 1. The van der Waals surface area contributed by atoms with Crippen LogP contribution in [0.1, 0.15) is 52.9 Å². The number of halogens is 1. The van der Waals surface area contributed by atoms with Crippen molar-refractivity contribution in [1.82, 2.24) is 0 Å². The van der Waals surface area contributed by atoms with Gasteiger partial charge in [0.15, 0.2) is 6.29 Å². The summed E-state index contributed by atoms with van der Waals surface area (Å²) in [4.78, 5) is 0.444. The number of hydrogen-bond acceptors (Lipinski definition) is 2. The van der Waals surface area contributed by atoms with Crippen LogP contribution in [0.3, 0.4) is 0 Å². The number of allylic oxidation sites excluding steroid dienone is 1. The van der Waals surface area contributed by atoms with Gasteiger partial charge in [0.2, 0.25) is 0 Å². The van der Waals surface area contributed by atoms with E-state index in [-0.39, 0.29) is 6.29 Å². The van der Waals surface area contributed by atoms with E-state index in [1.54, 1.807) is 0 Å². The van der Waals surface area contributed by atoms with Gasteiger partial charge in [-0.15, -0.1) is 0 Å². The Morgan fingerprint density at radius 3 is 2.52 bits per heavy atom. The molecule has 2 aliphatic carbocycles. The van der Waals surface area contributed by atoms with E-state index in [1.165, 1.54) is 31.3 Å². The van der Waals surface area contributed by atoms with Gasteiger partial charge in [0.1, 0.15) is 0 Å². The molecule has 2 saturated carbocycles. The van der Waals surface area contributed by atoms with Crippen molar-refractivity contribution in [3.05, 3.63) is 12.2 Å². The molecule has 1 heterocycles. The fraction of sp³-hybridized carbons (Fsp3) is 0.889. The van der Waals surface area contributed by atoms with E-state index in [4.69, 9.17) is 9.47 Å². The minimum absolute atomic E-state index is 0.0212. The van der Waals surface area contributed by atoms with Crippen LogP contribution in [0.25, 0.3) is 0 Å². The smallest absolute Gasteiger partial charge is 0.158 e. The second-order valence-corrected chi connectivity index (χ2v) is 9.24. The Morgan fingerprint density at radius 2 is 1.86 bits per heavy atom. The first-order valence-corrected chi connectivity index (χ1v) is 9.32. The maximum Gasteiger partial charge on any atom is 0.158 e. The lowest BCUT2D eigenvalue weighted by Crippen LogP contribution is -2.52. The van der Waals surface area contributed by atoms with Crippen LogP contribution in [0.4, 0.5) is 0 Å². The van der Waals surface area contributed by atoms with E-state index < -0.39 is 0 Å². The van der Waals surface area contributed by atoms with Crippen molar-refractivity contribution in [3.8, 4) is 0 Å². The molecule has 1 saturated heterocycles. The number of hydrogen-bond donors (Lipinski definition) is 0. The summed E-state index contributed by atoms with van der Waals surface area (Å²) in [6, 6.07) is 0.